The molecule has 0 saturated carbocycles. The number of esters is 1. The Morgan fingerprint density at radius 2 is 1.83 bits per heavy atom. The van der Waals surface area contributed by atoms with Crippen molar-refractivity contribution in [2.75, 3.05) is 13.2 Å². The van der Waals surface area contributed by atoms with Gasteiger partial charge in [0, 0.05) is 6.92 Å². The fourth-order valence-corrected chi connectivity index (χ4v) is 1.40. The predicted molar refractivity (Wildman–Crippen MR) is 66.7 cm³/mol. The van der Waals surface area contributed by atoms with Gasteiger partial charge < -0.3 is 15.4 Å². The molecule has 0 rings (SSSR count). The molecule has 0 aliphatic carbocycles. The second-order valence-electron chi connectivity index (χ2n) is 4.09. The quantitative estimate of drug-likeness (QED) is 0.640. The van der Waals surface area contributed by atoms with Gasteiger partial charge in [-0.3, -0.25) is 14.4 Å². The predicted octanol–water partition coefficient (Wildman–Crippen LogP) is 0.217. The van der Waals surface area contributed by atoms with Gasteiger partial charge in [0.05, 0.1) is 6.61 Å². The molecule has 0 saturated heterocycles. The number of ether oxygens (including phenoxy) is 1. The second-order valence-corrected chi connectivity index (χ2v) is 4.09. The minimum absolute atomic E-state index is 0.00362. The molecule has 0 aliphatic heterocycles. The van der Waals surface area contributed by atoms with Crippen LogP contribution in [-0.4, -0.2) is 37.0 Å². The zero-order valence-electron chi connectivity index (χ0n) is 11.4. The van der Waals surface area contributed by atoms with Crippen LogP contribution < -0.4 is 10.6 Å². The first-order valence-corrected chi connectivity index (χ1v) is 6.12. The topological polar surface area (TPSA) is 84.5 Å². The smallest absolute Gasteiger partial charge is 0.325 e. The van der Waals surface area contributed by atoms with Crippen molar-refractivity contribution in [3.05, 3.63) is 0 Å². The fourth-order valence-electron chi connectivity index (χ4n) is 1.40. The summed E-state index contributed by atoms with van der Waals surface area (Å²) >= 11 is 0. The molecule has 2 atom stereocenters. The molecular formula is C12H22N2O4. The van der Waals surface area contributed by atoms with Crippen LogP contribution in [0.1, 0.15) is 34.1 Å². The summed E-state index contributed by atoms with van der Waals surface area (Å²) < 4.78 is 4.70. The van der Waals surface area contributed by atoms with E-state index in [9.17, 15) is 14.4 Å². The van der Waals surface area contributed by atoms with E-state index in [2.05, 4.69) is 10.6 Å². The van der Waals surface area contributed by atoms with E-state index < -0.39 is 12.0 Å². The van der Waals surface area contributed by atoms with Crippen molar-refractivity contribution in [3.63, 3.8) is 0 Å². The zero-order valence-corrected chi connectivity index (χ0v) is 11.4. The van der Waals surface area contributed by atoms with Crippen LogP contribution in [0.2, 0.25) is 0 Å². The lowest BCUT2D eigenvalue weighted by atomic mass is 9.98. The highest BCUT2D eigenvalue weighted by Gasteiger charge is 2.24. The Kier molecular flexibility index (Phi) is 7.74. The molecule has 0 fully saturated rings. The van der Waals surface area contributed by atoms with Crippen molar-refractivity contribution in [3.8, 4) is 0 Å². The molecule has 0 aromatic carbocycles. The first-order chi connectivity index (χ1) is 8.42. The Morgan fingerprint density at radius 3 is 2.28 bits per heavy atom. The van der Waals surface area contributed by atoms with E-state index >= 15 is 0 Å². The number of rotatable bonds is 7. The maximum atomic E-state index is 11.9. The molecule has 0 aromatic heterocycles. The van der Waals surface area contributed by atoms with Crippen molar-refractivity contribution in [1.29, 1.82) is 0 Å². The number of carbonyl (C=O) groups excluding carboxylic acids is 3. The molecule has 0 bridgehead atoms. The lowest BCUT2D eigenvalue weighted by Crippen LogP contribution is -2.50. The average Bonchev–Trinajstić information content (AvgIpc) is 2.32. The molecule has 6 nitrogen and oxygen atoms in total. The molecular weight excluding hydrogens is 236 g/mol. The largest absolute Gasteiger partial charge is 0.465 e. The SMILES string of the molecule is CCOC(=O)CNC(=O)[C@@H](NC(C)=O)[C@@H](C)CC. The minimum atomic E-state index is -0.623. The summed E-state index contributed by atoms with van der Waals surface area (Å²) in [6.07, 6.45) is 0.748. The number of nitrogens with one attached hydrogen (secondary N) is 2. The van der Waals surface area contributed by atoms with Crippen molar-refractivity contribution in [2.45, 2.75) is 40.2 Å². The van der Waals surface area contributed by atoms with Gasteiger partial charge in [0.15, 0.2) is 0 Å². The van der Waals surface area contributed by atoms with Crippen LogP contribution in [0.15, 0.2) is 0 Å². The first-order valence-electron chi connectivity index (χ1n) is 6.12. The van der Waals surface area contributed by atoms with Gasteiger partial charge in [-0.2, -0.15) is 0 Å². The third kappa shape index (κ3) is 6.22. The van der Waals surface area contributed by atoms with E-state index in [0.717, 1.165) is 6.42 Å². The van der Waals surface area contributed by atoms with Gasteiger partial charge in [-0.1, -0.05) is 20.3 Å². The van der Waals surface area contributed by atoms with E-state index in [1.807, 2.05) is 13.8 Å². The normalized spacial score (nSPS) is 13.3. The third-order valence-electron chi connectivity index (χ3n) is 2.57. The monoisotopic (exact) mass is 258 g/mol. The zero-order chi connectivity index (χ0) is 14.1. The second kappa shape index (κ2) is 8.49. The van der Waals surface area contributed by atoms with E-state index in [1.165, 1.54) is 6.92 Å². The van der Waals surface area contributed by atoms with E-state index in [0.29, 0.717) is 0 Å². The molecule has 0 aliphatic rings. The standard InChI is InChI=1S/C12H22N2O4/c1-5-8(3)11(14-9(4)15)12(17)13-7-10(16)18-6-2/h8,11H,5-7H2,1-4H3,(H,13,17)(H,14,15)/t8-,11-/m0/s1. The summed E-state index contributed by atoms with van der Waals surface area (Å²) in [5.41, 5.74) is 0. The van der Waals surface area contributed by atoms with Gasteiger partial charge in [-0.15, -0.1) is 0 Å². The van der Waals surface area contributed by atoms with Gasteiger partial charge in [-0.25, -0.2) is 0 Å². The highest BCUT2D eigenvalue weighted by molar-refractivity contribution is 5.89. The van der Waals surface area contributed by atoms with Gasteiger partial charge in [0.1, 0.15) is 12.6 Å². The van der Waals surface area contributed by atoms with Crippen LogP contribution in [0.3, 0.4) is 0 Å². The first kappa shape index (κ1) is 16.4. The third-order valence-corrected chi connectivity index (χ3v) is 2.57. The average molecular weight is 258 g/mol. The van der Waals surface area contributed by atoms with Gasteiger partial charge in [0.2, 0.25) is 11.8 Å². The van der Waals surface area contributed by atoms with Crippen LogP contribution in [0, 0.1) is 5.92 Å². The number of amides is 2. The van der Waals surface area contributed by atoms with Crippen LogP contribution in [-0.2, 0) is 19.1 Å². The molecule has 0 heterocycles. The highest BCUT2D eigenvalue weighted by atomic mass is 16.5. The van der Waals surface area contributed by atoms with Crippen molar-refractivity contribution in [1.82, 2.24) is 10.6 Å². The maximum Gasteiger partial charge on any atom is 0.325 e. The lowest BCUT2D eigenvalue weighted by Gasteiger charge is -2.22. The molecule has 2 amide bonds. The number of hydrogen-bond donors (Lipinski definition) is 2. The summed E-state index contributed by atoms with van der Waals surface area (Å²) in [6, 6.07) is -0.623. The van der Waals surface area contributed by atoms with Gasteiger partial charge >= 0.3 is 5.97 Å². The molecule has 2 N–H and O–H groups in total. The Bertz CT molecular complexity index is 304. The summed E-state index contributed by atoms with van der Waals surface area (Å²) in [6.45, 7) is 6.93. The van der Waals surface area contributed by atoms with Crippen LogP contribution >= 0.6 is 0 Å². The van der Waals surface area contributed by atoms with Crippen LogP contribution in [0.5, 0.6) is 0 Å². The van der Waals surface area contributed by atoms with Crippen LogP contribution in [0.4, 0.5) is 0 Å². The number of carbonyl (C=O) groups is 3. The molecule has 18 heavy (non-hydrogen) atoms. The van der Waals surface area contributed by atoms with Crippen molar-refractivity contribution in [2.24, 2.45) is 5.92 Å². The van der Waals surface area contributed by atoms with E-state index in [-0.39, 0.29) is 30.9 Å². The molecule has 104 valence electrons. The molecule has 0 spiro atoms. The Morgan fingerprint density at radius 1 is 1.22 bits per heavy atom. The molecule has 6 heteroatoms. The van der Waals surface area contributed by atoms with Crippen molar-refractivity contribution >= 4 is 17.8 Å². The number of hydrogen-bond acceptors (Lipinski definition) is 4. The summed E-state index contributed by atoms with van der Waals surface area (Å²) in [5.74, 6) is -1.13. The summed E-state index contributed by atoms with van der Waals surface area (Å²) in [4.78, 5) is 34.0. The lowest BCUT2D eigenvalue weighted by molar-refractivity contribution is -0.143. The van der Waals surface area contributed by atoms with Crippen molar-refractivity contribution < 1.29 is 19.1 Å². The van der Waals surface area contributed by atoms with Gasteiger partial charge in [0.25, 0.3) is 0 Å². The van der Waals surface area contributed by atoms with Gasteiger partial charge in [-0.05, 0) is 12.8 Å². The summed E-state index contributed by atoms with van der Waals surface area (Å²) in [7, 11) is 0. The fraction of sp³-hybridized carbons (Fsp3) is 0.750. The molecule has 0 unspecified atom stereocenters. The highest BCUT2D eigenvalue weighted by Crippen LogP contribution is 2.07. The van der Waals surface area contributed by atoms with E-state index in [4.69, 9.17) is 4.74 Å². The Balaban J connectivity index is 4.38. The Hall–Kier alpha value is -1.59. The Labute approximate surface area is 107 Å². The maximum absolute atomic E-state index is 11.9. The minimum Gasteiger partial charge on any atom is -0.465 e. The van der Waals surface area contributed by atoms with Crippen LogP contribution in [0.25, 0.3) is 0 Å². The molecule has 0 aromatic rings. The van der Waals surface area contributed by atoms with E-state index in [1.54, 1.807) is 6.92 Å². The summed E-state index contributed by atoms with van der Waals surface area (Å²) in [5, 5.41) is 5.04. The molecule has 0 radical (unpaired) electrons.